The summed E-state index contributed by atoms with van der Waals surface area (Å²) in [5.74, 6) is 0.375. The van der Waals surface area contributed by atoms with E-state index in [1.807, 2.05) is 43.3 Å². The van der Waals surface area contributed by atoms with Gasteiger partial charge >= 0.3 is 0 Å². The van der Waals surface area contributed by atoms with E-state index in [4.69, 9.17) is 4.74 Å². The summed E-state index contributed by atoms with van der Waals surface area (Å²) < 4.78 is 5.42. The van der Waals surface area contributed by atoms with Crippen LogP contribution in [0.5, 0.6) is 5.75 Å². The Labute approximate surface area is 162 Å². The van der Waals surface area contributed by atoms with Crippen molar-refractivity contribution in [1.82, 2.24) is 5.43 Å². The van der Waals surface area contributed by atoms with Crippen LogP contribution >= 0.6 is 0 Å². The number of ether oxygens (including phenoxy) is 1. The van der Waals surface area contributed by atoms with Gasteiger partial charge in [0.25, 0.3) is 5.91 Å². The summed E-state index contributed by atoms with van der Waals surface area (Å²) in [6.45, 7) is 8.42. The molecule has 2 rings (SSSR count). The molecule has 2 aromatic rings. The first kappa shape index (κ1) is 20.5. The van der Waals surface area contributed by atoms with Crippen molar-refractivity contribution < 1.29 is 9.53 Å². The maximum Gasteiger partial charge on any atom is 0.277 e. The molecule has 0 aliphatic rings. The highest BCUT2D eigenvalue weighted by Gasteiger charge is 2.04. The van der Waals surface area contributed by atoms with Crippen molar-refractivity contribution in [2.24, 2.45) is 5.10 Å². The Morgan fingerprint density at radius 3 is 2.26 bits per heavy atom. The minimum Gasteiger partial charge on any atom is -0.484 e. The monoisotopic (exact) mass is 367 g/mol. The number of rotatable bonds is 10. The highest BCUT2D eigenvalue weighted by atomic mass is 16.5. The molecule has 0 aromatic heterocycles. The molecular weight excluding hydrogens is 338 g/mol. The molecule has 0 spiro atoms. The van der Waals surface area contributed by atoms with E-state index in [1.165, 1.54) is 5.69 Å². The summed E-state index contributed by atoms with van der Waals surface area (Å²) in [4.78, 5) is 14.2. The number of nitrogens with one attached hydrogen (secondary N) is 1. The van der Waals surface area contributed by atoms with E-state index in [0.29, 0.717) is 5.75 Å². The molecule has 0 heterocycles. The number of anilines is 1. The third kappa shape index (κ3) is 7.13. The van der Waals surface area contributed by atoms with E-state index in [-0.39, 0.29) is 12.5 Å². The molecule has 0 bridgehead atoms. The predicted octanol–water partition coefficient (Wildman–Crippen LogP) is 4.15. The van der Waals surface area contributed by atoms with Gasteiger partial charge in [-0.2, -0.15) is 5.10 Å². The van der Waals surface area contributed by atoms with Crippen LogP contribution in [0.1, 0.15) is 37.8 Å². The van der Waals surface area contributed by atoms with Crippen LogP contribution in [0.3, 0.4) is 0 Å². The number of aryl methyl sites for hydroxylation is 1. The van der Waals surface area contributed by atoms with Crippen molar-refractivity contribution in [1.29, 1.82) is 0 Å². The molecule has 0 aliphatic carbocycles. The first-order valence-electron chi connectivity index (χ1n) is 9.48. The van der Waals surface area contributed by atoms with Gasteiger partial charge in [0.05, 0.1) is 6.21 Å². The van der Waals surface area contributed by atoms with Gasteiger partial charge < -0.3 is 9.64 Å². The first-order chi connectivity index (χ1) is 13.1. The molecule has 0 fully saturated rings. The Morgan fingerprint density at radius 2 is 1.67 bits per heavy atom. The number of amides is 1. The molecular formula is C22H29N3O2. The third-order valence-electron chi connectivity index (χ3n) is 4.04. The minimum atomic E-state index is -0.291. The number of hydrogen-bond acceptors (Lipinski definition) is 4. The van der Waals surface area contributed by atoms with E-state index < -0.39 is 0 Å². The van der Waals surface area contributed by atoms with Crippen LogP contribution < -0.4 is 15.1 Å². The van der Waals surface area contributed by atoms with Crippen LogP contribution in [0.4, 0.5) is 5.69 Å². The summed E-state index contributed by atoms with van der Waals surface area (Å²) in [6.07, 6.45) is 3.89. The standard InChI is InChI=1S/C22H29N3O2/c1-4-14-25(15-5-2)20-10-8-19(9-11-20)16-23-24-22(26)17-27-21-12-6-18(3)7-13-21/h6-13,16H,4-5,14-15,17H2,1-3H3,(H,24,26)/b23-16-. The van der Waals surface area contributed by atoms with Gasteiger partial charge in [-0.3, -0.25) is 4.79 Å². The van der Waals surface area contributed by atoms with Crippen molar-refractivity contribution in [3.63, 3.8) is 0 Å². The zero-order valence-electron chi connectivity index (χ0n) is 16.4. The molecule has 0 unspecified atom stereocenters. The zero-order valence-corrected chi connectivity index (χ0v) is 16.4. The fourth-order valence-electron chi connectivity index (χ4n) is 2.68. The Hall–Kier alpha value is -2.82. The van der Waals surface area contributed by atoms with Crippen molar-refractivity contribution in [2.75, 3.05) is 24.6 Å². The topological polar surface area (TPSA) is 53.9 Å². The van der Waals surface area contributed by atoms with Crippen LogP contribution in [-0.4, -0.2) is 31.8 Å². The molecule has 0 atom stereocenters. The lowest BCUT2D eigenvalue weighted by Crippen LogP contribution is -2.25. The van der Waals surface area contributed by atoms with Crippen molar-refractivity contribution in [2.45, 2.75) is 33.6 Å². The van der Waals surface area contributed by atoms with Gasteiger partial charge in [0.15, 0.2) is 6.61 Å². The number of benzene rings is 2. The van der Waals surface area contributed by atoms with Crippen molar-refractivity contribution in [3.8, 4) is 5.75 Å². The summed E-state index contributed by atoms with van der Waals surface area (Å²) in [6, 6.07) is 15.8. The molecule has 144 valence electrons. The number of hydrogen-bond donors (Lipinski definition) is 1. The van der Waals surface area contributed by atoms with Crippen LogP contribution in [0.15, 0.2) is 53.6 Å². The Balaban J connectivity index is 1.81. The quantitative estimate of drug-likeness (QED) is 0.507. The number of carbonyl (C=O) groups excluding carboxylic acids is 1. The summed E-state index contributed by atoms with van der Waals surface area (Å²) in [5, 5.41) is 4.00. The Morgan fingerprint density at radius 1 is 1.04 bits per heavy atom. The molecule has 5 heteroatoms. The van der Waals surface area contributed by atoms with Gasteiger partial charge in [0, 0.05) is 18.8 Å². The van der Waals surface area contributed by atoms with E-state index >= 15 is 0 Å². The van der Waals surface area contributed by atoms with Gasteiger partial charge in [-0.25, -0.2) is 5.43 Å². The van der Waals surface area contributed by atoms with E-state index in [0.717, 1.165) is 37.1 Å². The third-order valence-corrected chi connectivity index (χ3v) is 4.04. The normalized spacial score (nSPS) is 10.8. The second-order valence-electron chi connectivity index (χ2n) is 6.47. The van der Waals surface area contributed by atoms with Crippen LogP contribution in [-0.2, 0) is 4.79 Å². The van der Waals surface area contributed by atoms with Crippen molar-refractivity contribution >= 4 is 17.8 Å². The van der Waals surface area contributed by atoms with Crippen LogP contribution in [0.25, 0.3) is 0 Å². The zero-order chi connectivity index (χ0) is 19.5. The molecule has 0 aliphatic heterocycles. The highest BCUT2D eigenvalue weighted by Crippen LogP contribution is 2.15. The fourth-order valence-corrected chi connectivity index (χ4v) is 2.68. The molecule has 2 aromatic carbocycles. The van der Waals surface area contributed by atoms with Crippen LogP contribution in [0.2, 0.25) is 0 Å². The van der Waals surface area contributed by atoms with Crippen LogP contribution in [0, 0.1) is 6.92 Å². The lowest BCUT2D eigenvalue weighted by molar-refractivity contribution is -0.123. The van der Waals surface area contributed by atoms with E-state index in [1.54, 1.807) is 6.21 Å². The largest absolute Gasteiger partial charge is 0.484 e. The molecule has 0 radical (unpaired) electrons. The number of nitrogens with zero attached hydrogens (tertiary/aromatic N) is 2. The van der Waals surface area contributed by atoms with Gasteiger partial charge in [-0.15, -0.1) is 0 Å². The molecule has 1 N–H and O–H groups in total. The molecule has 0 saturated heterocycles. The average molecular weight is 367 g/mol. The van der Waals surface area contributed by atoms with E-state index in [9.17, 15) is 4.79 Å². The fraction of sp³-hybridized carbons (Fsp3) is 0.364. The summed E-state index contributed by atoms with van der Waals surface area (Å²) in [5.41, 5.74) is 5.78. The van der Waals surface area contributed by atoms with Gasteiger partial charge in [0.2, 0.25) is 0 Å². The molecule has 1 amide bonds. The highest BCUT2D eigenvalue weighted by molar-refractivity contribution is 5.83. The molecule has 27 heavy (non-hydrogen) atoms. The SMILES string of the molecule is CCCN(CCC)c1ccc(/C=N\NC(=O)COc2ccc(C)cc2)cc1. The number of hydrazone groups is 1. The Bertz CT molecular complexity index is 718. The Kier molecular flexibility index (Phi) is 8.36. The summed E-state index contributed by atoms with van der Waals surface area (Å²) >= 11 is 0. The maximum atomic E-state index is 11.8. The molecule has 0 saturated carbocycles. The van der Waals surface area contributed by atoms with Gasteiger partial charge in [-0.05, 0) is 49.6 Å². The average Bonchev–Trinajstić information content (AvgIpc) is 2.68. The predicted molar refractivity (Wildman–Crippen MR) is 112 cm³/mol. The second-order valence-corrected chi connectivity index (χ2v) is 6.47. The lowest BCUT2D eigenvalue weighted by atomic mass is 10.2. The smallest absolute Gasteiger partial charge is 0.277 e. The summed E-state index contributed by atoms with van der Waals surface area (Å²) in [7, 11) is 0. The van der Waals surface area contributed by atoms with Crippen molar-refractivity contribution in [3.05, 3.63) is 59.7 Å². The van der Waals surface area contributed by atoms with Gasteiger partial charge in [-0.1, -0.05) is 43.7 Å². The maximum absolute atomic E-state index is 11.8. The molecule has 5 nitrogen and oxygen atoms in total. The first-order valence-corrected chi connectivity index (χ1v) is 9.48. The lowest BCUT2D eigenvalue weighted by Gasteiger charge is -2.23. The second kappa shape index (κ2) is 11.0. The van der Waals surface area contributed by atoms with Gasteiger partial charge in [0.1, 0.15) is 5.75 Å². The minimum absolute atomic E-state index is 0.0671. The number of carbonyl (C=O) groups is 1. The van der Waals surface area contributed by atoms with E-state index in [2.05, 4.69) is 41.4 Å².